The molecule has 16 rings (SSSR count). The highest BCUT2D eigenvalue weighted by atomic mass is 16.5. The van der Waals surface area contributed by atoms with Gasteiger partial charge in [0.1, 0.15) is 24.0 Å². The first kappa shape index (κ1) is 40.8. The van der Waals surface area contributed by atoms with Crippen molar-refractivity contribution in [1.29, 1.82) is 0 Å². The number of aromatic nitrogens is 3. The third-order valence-corrected chi connectivity index (χ3v) is 17.2. The standard InChI is InChI=1S/C65H53N5O/c1-42-21-23-45(24-22-42)65(47-34-43-33-44(36-47)37-48(65)35-43)46-31-32-66-64(38-46)70-60-18-7-4-15-56(60)57-30-29-53(40-63(57)70)71-52-12-10-11-51(39-52)68-41-67(61-19-8-9-20-62(61)68)49-25-27-50(28-26-49)69-58-16-5-2-13-54(58)55-14-3-6-17-59(55)69/h2-32,38-40,43-44,47-48H,33-37,41H2,1H3. The second kappa shape index (κ2) is 15.7. The predicted molar refractivity (Wildman–Crippen MR) is 290 cm³/mol. The lowest BCUT2D eigenvalue weighted by Crippen LogP contribution is -2.56. The van der Waals surface area contributed by atoms with E-state index in [9.17, 15) is 0 Å². The number of benzene rings is 8. The van der Waals surface area contributed by atoms with Gasteiger partial charge in [0.25, 0.3) is 0 Å². The maximum absolute atomic E-state index is 6.87. The maximum Gasteiger partial charge on any atom is 0.137 e. The van der Waals surface area contributed by atoms with Gasteiger partial charge in [0.2, 0.25) is 0 Å². The van der Waals surface area contributed by atoms with Crippen LogP contribution in [0.25, 0.3) is 55.1 Å². The van der Waals surface area contributed by atoms with Crippen LogP contribution in [-0.2, 0) is 5.41 Å². The summed E-state index contributed by atoms with van der Waals surface area (Å²) in [5.74, 6) is 5.58. The quantitative estimate of drug-likeness (QED) is 0.152. The second-order valence-corrected chi connectivity index (χ2v) is 20.9. The molecule has 1 aliphatic heterocycles. The van der Waals surface area contributed by atoms with Crippen molar-refractivity contribution in [1.82, 2.24) is 14.1 Å². The van der Waals surface area contributed by atoms with Crippen LogP contribution in [0.5, 0.6) is 11.5 Å². The van der Waals surface area contributed by atoms with E-state index < -0.39 is 0 Å². The summed E-state index contributed by atoms with van der Waals surface area (Å²) in [5.41, 5.74) is 14.6. The fraction of sp³-hybridized carbons (Fsp3) is 0.185. The first-order chi connectivity index (χ1) is 35.0. The van der Waals surface area contributed by atoms with Crippen LogP contribution in [-0.4, -0.2) is 20.8 Å². The second-order valence-electron chi connectivity index (χ2n) is 20.9. The molecule has 0 radical (unpaired) electrons. The Kier molecular flexibility index (Phi) is 9.02. The maximum atomic E-state index is 6.87. The Morgan fingerprint density at radius 2 is 1.00 bits per heavy atom. The van der Waals surface area contributed by atoms with Crippen molar-refractivity contribution in [2.75, 3.05) is 16.5 Å². The molecule has 0 atom stereocenters. The molecule has 6 nitrogen and oxygen atoms in total. The van der Waals surface area contributed by atoms with E-state index in [1.165, 1.54) is 87.1 Å². The molecule has 0 N–H and O–H groups in total. The first-order valence-corrected chi connectivity index (χ1v) is 25.6. The van der Waals surface area contributed by atoms with Gasteiger partial charge in [0, 0.05) is 62.4 Å². The highest BCUT2D eigenvalue weighted by Gasteiger charge is 2.58. The Labute approximate surface area is 414 Å². The van der Waals surface area contributed by atoms with Crippen molar-refractivity contribution >= 4 is 66.4 Å². The lowest BCUT2D eigenvalue weighted by atomic mass is 9.42. The zero-order valence-electron chi connectivity index (χ0n) is 39.8. The van der Waals surface area contributed by atoms with Gasteiger partial charge in [-0.05, 0) is 165 Å². The van der Waals surface area contributed by atoms with Crippen LogP contribution in [0.1, 0.15) is 48.8 Å². The molecule has 0 spiro atoms. The first-order valence-electron chi connectivity index (χ1n) is 25.6. The molecule has 4 saturated carbocycles. The molecule has 71 heavy (non-hydrogen) atoms. The van der Waals surface area contributed by atoms with Crippen LogP contribution in [0.4, 0.5) is 22.7 Å². The molecular weight excluding hydrogens is 867 g/mol. The van der Waals surface area contributed by atoms with Gasteiger partial charge in [0.15, 0.2) is 0 Å². The number of anilines is 4. The van der Waals surface area contributed by atoms with E-state index >= 15 is 0 Å². The number of nitrogens with zero attached hydrogens (tertiary/aromatic N) is 5. The molecule has 0 saturated heterocycles. The van der Waals surface area contributed by atoms with E-state index in [0.717, 1.165) is 62.9 Å². The lowest BCUT2D eigenvalue weighted by molar-refractivity contribution is -0.0418. The van der Waals surface area contributed by atoms with Gasteiger partial charge in [-0.25, -0.2) is 4.98 Å². The van der Waals surface area contributed by atoms with E-state index in [4.69, 9.17) is 9.72 Å². The van der Waals surface area contributed by atoms with E-state index in [1.54, 1.807) is 0 Å². The number of aryl methyl sites for hydroxylation is 1. The van der Waals surface area contributed by atoms with Gasteiger partial charge in [0.05, 0.1) is 33.4 Å². The Bertz CT molecular complexity index is 3800. The molecular formula is C65H53N5O. The van der Waals surface area contributed by atoms with E-state index in [-0.39, 0.29) is 5.41 Å². The van der Waals surface area contributed by atoms with Crippen molar-refractivity contribution < 1.29 is 4.74 Å². The zero-order chi connectivity index (χ0) is 46.8. The van der Waals surface area contributed by atoms with E-state index in [2.05, 4.69) is 232 Å². The Morgan fingerprint density at radius 3 is 1.66 bits per heavy atom. The molecule has 4 heterocycles. The van der Waals surface area contributed by atoms with Crippen LogP contribution in [0.3, 0.4) is 0 Å². The van der Waals surface area contributed by atoms with E-state index in [1.807, 2.05) is 0 Å². The Morgan fingerprint density at radius 1 is 0.437 bits per heavy atom. The Balaban J connectivity index is 0.760. The summed E-state index contributed by atoms with van der Waals surface area (Å²) in [6, 6.07) is 73.3. The van der Waals surface area contributed by atoms with Crippen LogP contribution < -0.4 is 14.5 Å². The highest BCUT2D eigenvalue weighted by Crippen LogP contribution is 2.65. The SMILES string of the molecule is Cc1ccc(C2(c3ccnc(-n4c5ccccc5c5ccc(Oc6cccc(N7CN(c8ccc(-n9c%10ccccc%10c%10ccccc%109)cc8)c8ccccc87)c6)cc54)c3)C3CC4CC(C3)CC2C4)cc1. The molecule has 3 aromatic heterocycles. The molecule has 4 bridgehead atoms. The normalized spacial score (nSPS) is 21.3. The van der Waals surface area contributed by atoms with E-state index in [0.29, 0.717) is 18.5 Å². The number of ether oxygens (including phenoxy) is 1. The predicted octanol–water partition coefficient (Wildman–Crippen LogP) is 16.4. The van der Waals surface area contributed by atoms with Gasteiger partial charge in [-0.2, -0.15) is 0 Å². The number of rotatable bonds is 8. The van der Waals surface area contributed by atoms with Crippen molar-refractivity contribution in [2.45, 2.75) is 44.4 Å². The lowest BCUT2D eigenvalue weighted by Gasteiger charge is -2.62. The fourth-order valence-corrected chi connectivity index (χ4v) is 14.4. The summed E-state index contributed by atoms with van der Waals surface area (Å²) in [7, 11) is 0. The smallest absolute Gasteiger partial charge is 0.137 e. The Hall–Kier alpha value is -8.09. The zero-order valence-corrected chi connectivity index (χ0v) is 39.8. The number of fused-ring (bicyclic) bond motifs is 7. The minimum Gasteiger partial charge on any atom is -0.457 e. The summed E-state index contributed by atoms with van der Waals surface area (Å²) in [4.78, 5) is 9.99. The summed E-state index contributed by atoms with van der Waals surface area (Å²) in [5, 5.41) is 4.94. The van der Waals surface area contributed by atoms with Gasteiger partial charge >= 0.3 is 0 Å². The third kappa shape index (κ3) is 6.23. The molecule has 5 aliphatic rings. The largest absolute Gasteiger partial charge is 0.457 e. The van der Waals surface area contributed by atoms with Crippen molar-refractivity contribution in [3.63, 3.8) is 0 Å². The number of hydrogen-bond donors (Lipinski definition) is 0. The molecule has 11 aromatic rings. The minimum absolute atomic E-state index is 0.0111. The van der Waals surface area contributed by atoms with Gasteiger partial charge in [-0.1, -0.05) is 103 Å². The summed E-state index contributed by atoms with van der Waals surface area (Å²) >= 11 is 0. The number of hydrogen-bond acceptors (Lipinski definition) is 4. The van der Waals surface area contributed by atoms with Crippen LogP contribution in [0, 0.1) is 30.6 Å². The molecule has 0 amide bonds. The van der Waals surface area contributed by atoms with Gasteiger partial charge in [-0.3, -0.25) is 4.57 Å². The molecule has 344 valence electrons. The number of pyridine rings is 1. The fourth-order valence-electron chi connectivity index (χ4n) is 14.4. The summed E-state index contributed by atoms with van der Waals surface area (Å²) < 4.78 is 11.6. The van der Waals surface area contributed by atoms with Crippen LogP contribution >= 0.6 is 0 Å². The molecule has 0 unspecified atom stereocenters. The summed E-state index contributed by atoms with van der Waals surface area (Å²) in [6.45, 7) is 2.88. The van der Waals surface area contributed by atoms with Crippen molar-refractivity contribution in [3.8, 4) is 23.0 Å². The van der Waals surface area contributed by atoms with Crippen molar-refractivity contribution in [3.05, 3.63) is 223 Å². The third-order valence-electron chi connectivity index (χ3n) is 17.2. The van der Waals surface area contributed by atoms with Gasteiger partial charge < -0.3 is 19.1 Å². The highest BCUT2D eigenvalue weighted by molar-refractivity contribution is 6.10. The molecule has 6 heteroatoms. The topological polar surface area (TPSA) is 38.5 Å². The molecule has 8 aromatic carbocycles. The van der Waals surface area contributed by atoms with Gasteiger partial charge in [-0.15, -0.1) is 0 Å². The van der Waals surface area contributed by atoms with Crippen LogP contribution in [0.15, 0.2) is 206 Å². The van der Waals surface area contributed by atoms with Crippen molar-refractivity contribution in [2.24, 2.45) is 23.7 Å². The molecule has 4 aliphatic carbocycles. The number of para-hydroxylation sites is 5. The monoisotopic (exact) mass is 919 g/mol. The minimum atomic E-state index is -0.0111. The van der Waals surface area contributed by atoms with Crippen LogP contribution in [0.2, 0.25) is 0 Å². The molecule has 4 fully saturated rings. The average Bonchev–Trinajstić information content (AvgIpc) is 4.07. The summed E-state index contributed by atoms with van der Waals surface area (Å²) in [6.07, 6.45) is 8.84. The average molecular weight is 920 g/mol.